The molecular weight excluding hydrogens is 416 g/mol. The topological polar surface area (TPSA) is 76.5 Å². The number of halogens is 1. The minimum Gasteiger partial charge on any atom is -0.375 e. The number of hydrogen-bond donors (Lipinski definition) is 1. The second-order valence-electron chi connectivity index (χ2n) is 7.05. The van der Waals surface area contributed by atoms with Gasteiger partial charge in [-0.25, -0.2) is 4.98 Å². The lowest BCUT2D eigenvalue weighted by molar-refractivity contribution is -0.137. The fourth-order valence-corrected chi connectivity index (χ4v) is 3.19. The minimum atomic E-state index is -0.340. The van der Waals surface area contributed by atoms with Crippen molar-refractivity contribution >= 4 is 29.4 Å². The van der Waals surface area contributed by atoms with E-state index in [0.29, 0.717) is 23.2 Å². The van der Waals surface area contributed by atoms with Crippen molar-refractivity contribution < 1.29 is 14.3 Å². The molecule has 0 unspecified atom stereocenters. The highest BCUT2D eigenvalue weighted by Gasteiger charge is 2.18. The van der Waals surface area contributed by atoms with Crippen molar-refractivity contribution in [2.45, 2.75) is 13.8 Å². The number of nitrogens with one attached hydrogen (secondary N) is 1. The number of ether oxygens (including phenoxy) is 1. The number of benzene rings is 2. The van der Waals surface area contributed by atoms with Crippen molar-refractivity contribution in [3.63, 3.8) is 0 Å². The van der Waals surface area contributed by atoms with E-state index in [1.165, 1.54) is 12.0 Å². The summed E-state index contributed by atoms with van der Waals surface area (Å²) in [5.74, 6) is -0.217. The van der Waals surface area contributed by atoms with Crippen molar-refractivity contribution in [3.8, 4) is 16.9 Å². The number of hydrogen-bond acceptors (Lipinski definition) is 4. The monoisotopic (exact) mass is 440 g/mol. The summed E-state index contributed by atoms with van der Waals surface area (Å²) in [6.45, 7) is 4.07. The van der Waals surface area contributed by atoms with E-state index in [9.17, 15) is 9.59 Å². The lowest BCUT2D eigenvalue weighted by Crippen LogP contribution is -2.39. The quantitative estimate of drug-likeness (QED) is 0.575. The first kappa shape index (κ1) is 22.5. The Balaban J connectivity index is 1.90. The molecule has 0 bridgehead atoms. The maximum Gasteiger partial charge on any atom is 0.249 e. The van der Waals surface area contributed by atoms with Crippen molar-refractivity contribution in [2.24, 2.45) is 0 Å². The number of aromatic nitrogens is 2. The maximum absolute atomic E-state index is 12.7. The number of anilines is 1. The minimum absolute atomic E-state index is 0.0696. The normalized spacial score (nSPS) is 10.7. The Morgan fingerprint density at radius 2 is 1.81 bits per heavy atom. The van der Waals surface area contributed by atoms with Crippen LogP contribution >= 0.6 is 11.6 Å². The molecule has 3 aromatic rings. The van der Waals surface area contributed by atoms with Gasteiger partial charge in [0.15, 0.2) is 0 Å². The molecule has 1 heterocycles. The Bertz CT molecular complexity index is 1050. The first-order chi connectivity index (χ1) is 14.9. The van der Waals surface area contributed by atoms with Crippen LogP contribution in [0.1, 0.15) is 12.5 Å². The Morgan fingerprint density at radius 1 is 1.13 bits per heavy atom. The number of rotatable bonds is 8. The molecule has 31 heavy (non-hydrogen) atoms. The molecule has 0 aliphatic carbocycles. The number of methoxy groups -OCH3 is 1. The lowest BCUT2D eigenvalue weighted by Gasteiger charge is -2.19. The Kier molecular flexibility index (Phi) is 7.44. The summed E-state index contributed by atoms with van der Waals surface area (Å²) >= 11 is 6.00. The SMILES string of the molecule is CCN(CC(=O)Nc1nc(-c2ccc(Cl)cc2)cn1-c1ccc(C)cc1)C(=O)COC. The van der Waals surface area contributed by atoms with E-state index < -0.39 is 0 Å². The summed E-state index contributed by atoms with van der Waals surface area (Å²) in [6, 6.07) is 15.2. The third kappa shape index (κ3) is 5.71. The average molecular weight is 441 g/mol. The molecule has 1 aromatic heterocycles. The standard InChI is InChI=1S/C23H25ClN4O3/c1-4-27(22(30)15-31-3)14-21(29)26-23-25-20(17-7-9-18(24)10-8-17)13-28(23)19-11-5-16(2)6-12-19/h5-13H,4,14-15H2,1-3H3,(H,25,26,29). The molecule has 1 N–H and O–H groups in total. The van der Waals surface area contributed by atoms with Crippen molar-refractivity contribution in [1.82, 2.24) is 14.5 Å². The van der Waals surface area contributed by atoms with E-state index in [-0.39, 0.29) is 25.0 Å². The van der Waals surface area contributed by atoms with E-state index in [1.807, 2.05) is 61.0 Å². The van der Waals surface area contributed by atoms with Crippen LogP contribution in [0.4, 0.5) is 5.95 Å². The molecule has 0 spiro atoms. The van der Waals surface area contributed by atoms with E-state index in [4.69, 9.17) is 16.3 Å². The molecule has 0 fully saturated rings. The first-order valence-electron chi connectivity index (χ1n) is 9.90. The number of aryl methyl sites for hydroxylation is 1. The molecule has 0 radical (unpaired) electrons. The maximum atomic E-state index is 12.7. The van der Waals surface area contributed by atoms with Crippen LogP contribution in [0.3, 0.4) is 0 Å². The predicted molar refractivity (Wildman–Crippen MR) is 122 cm³/mol. The molecular formula is C23H25ClN4O3. The Morgan fingerprint density at radius 3 is 2.42 bits per heavy atom. The van der Waals surface area contributed by atoms with Crippen LogP contribution in [0.2, 0.25) is 5.02 Å². The molecule has 0 saturated heterocycles. The number of carbonyl (C=O) groups excluding carboxylic acids is 2. The summed E-state index contributed by atoms with van der Waals surface area (Å²) in [5, 5.41) is 3.47. The number of nitrogens with zero attached hydrogens (tertiary/aromatic N) is 3. The molecule has 7 nitrogen and oxygen atoms in total. The number of amides is 2. The van der Waals surface area contributed by atoms with Gasteiger partial charge in [-0.1, -0.05) is 41.4 Å². The van der Waals surface area contributed by atoms with Gasteiger partial charge >= 0.3 is 0 Å². The highest BCUT2D eigenvalue weighted by Crippen LogP contribution is 2.25. The van der Waals surface area contributed by atoms with Gasteiger partial charge in [0.25, 0.3) is 0 Å². The van der Waals surface area contributed by atoms with Crippen LogP contribution in [0.15, 0.2) is 54.7 Å². The van der Waals surface area contributed by atoms with Gasteiger partial charge in [0.05, 0.1) is 5.69 Å². The summed E-state index contributed by atoms with van der Waals surface area (Å²) in [7, 11) is 1.45. The second-order valence-corrected chi connectivity index (χ2v) is 7.49. The predicted octanol–water partition coefficient (Wildman–Crippen LogP) is 3.93. The van der Waals surface area contributed by atoms with Gasteiger partial charge in [-0.2, -0.15) is 0 Å². The smallest absolute Gasteiger partial charge is 0.249 e. The zero-order valence-electron chi connectivity index (χ0n) is 17.8. The number of carbonyl (C=O) groups is 2. The molecule has 2 amide bonds. The van der Waals surface area contributed by atoms with E-state index in [2.05, 4.69) is 10.3 Å². The largest absolute Gasteiger partial charge is 0.375 e. The van der Waals surface area contributed by atoms with Crippen LogP contribution in [-0.4, -0.2) is 53.1 Å². The zero-order chi connectivity index (χ0) is 22.4. The fraction of sp³-hybridized carbons (Fsp3) is 0.261. The van der Waals surface area contributed by atoms with Crippen molar-refractivity contribution in [1.29, 1.82) is 0 Å². The molecule has 0 saturated carbocycles. The molecule has 0 aliphatic heterocycles. The van der Waals surface area contributed by atoms with E-state index in [1.54, 1.807) is 12.1 Å². The van der Waals surface area contributed by atoms with Crippen molar-refractivity contribution in [3.05, 3.63) is 65.3 Å². The van der Waals surface area contributed by atoms with Gasteiger partial charge in [0.2, 0.25) is 17.8 Å². The van der Waals surface area contributed by atoms with Gasteiger partial charge in [-0.05, 0) is 38.1 Å². The molecule has 3 rings (SSSR count). The number of imidazole rings is 1. The summed E-state index contributed by atoms with van der Waals surface area (Å²) in [6.07, 6.45) is 1.86. The average Bonchev–Trinajstić information content (AvgIpc) is 3.16. The van der Waals surface area contributed by atoms with Crippen LogP contribution in [0.25, 0.3) is 16.9 Å². The first-order valence-corrected chi connectivity index (χ1v) is 10.3. The molecule has 8 heteroatoms. The third-order valence-corrected chi connectivity index (χ3v) is 5.00. The van der Waals surface area contributed by atoms with Gasteiger partial charge in [0.1, 0.15) is 13.2 Å². The summed E-state index contributed by atoms with van der Waals surface area (Å²) in [4.78, 5) is 30.8. The summed E-state index contributed by atoms with van der Waals surface area (Å²) in [5.41, 5.74) is 3.55. The lowest BCUT2D eigenvalue weighted by atomic mass is 10.2. The van der Waals surface area contributed by atoms with E-state index in [0.717, 1.165) is 16.8 Å². The molecule has 0 atom stereocenters. The Hall–Kier alpha value is -3.16. The fourth-order valence-electron chi connectivity index (χ4n) is 3.06. The van der Waals surface area contributed by atoms with Gasteiger partial charge in [-0.3, -0.25) is 19.5 Å². The van der Waals surface area contributed by atoms with Gasteiger partial charge < -0.3 is 9.64 Å². The van der Waals surface area contributed by atoms with Crippen LogP contribution in [0, 0.1) is 6.92 Å². The van der Waals surface area contributed by atoms with Crippen molar-refractivity contribution in [2.75, 3.05) is 32.1 Å². The van der Waals surface area contributed by atoms with E-state index >= 15 is 0 Å². The number of likely N-dealkylation sites (N-methyl/N-ethyl adjacent to an activating group) is 1. The van der Waals surface area contributed by atoms with Crippen LogP contribution in [-0.2, 0) is 14.3 Å². The molecule has 0 aliphatic rings. The summed E-state index contributed by atoms with van der Waals surface area (Å²) < 4.78 is 6.70. The highest BCUT2D eigenvalue weighted by molar-refractivity contribution is 6.30. The van der Waals surface area contributed by atoms with Crippen LogP contribution < -0.4 is 5.32 Å². The highest BCUT2D eigenvalue weighted by atomic mass is 35.5. The Labute approximate surface area is 186 Å². The van der Waals surface area contributed by atoms with Crippen LogP contribution in [0.5, 0.6) is 0 Å². The molecule has 2 aromatic carbocycles. The third-order valence-electron chi connectivity index (χ3n) is 4.75. The zero-order valence-corrected chi connectivity index (χ0v) is 18.5. The van der Waals surface area contributed by atoms with Gasteiger partial charge in [0, 0.05) is 36.1 Å². The van der Waals surface area contributed by atoms with Gasteiger partial charge in [-0.15, -0.1) is 0 Å². The molecule has 162 valence electrons. The second kappa shape index (κ2) is 10.2.